The number of fused-ring (bicyclic) bond motifs is 1. The largest absolute Gasteiger partial charge is 0.489 e. The lowest BCUT2D eigenvalue weighted by Crippen LogP contribution is -2.26. The molecule has 0 aromatic heterocycles. The summed E-state index contributed by atoms with van der Waals surface area (Å²) >= 11 is 0. The lowest BCUT2D eigenvalue weighted by molar-refractivity contribution is 0.0993. The van der Waals surface area contributed by atoms with E-state index in [0.29, 0.717) is 12.2 Å². The number of hydrogen-bond acceptors (Lipinski definition) is 2. The molecule has 0 bridgehead atoms. The molecule has 28 heavy (non-hydrogen) atoms. The highest BCUT2D eigenvalue weighted by atomic mass is 16.5. The number of carbonyl (C=O) groups is 1. The average molecular weight is 367 g/mol. The minimum Gasteiger partial charge on any atom is -0.489 e. The first kappa shape index (κ1) is 17.8. The van der Waals surface area contributed by atoms with Gasteiger partial charge in [-0.25, -0.2) is 0 Å². The summed E-state index contributed by atoms with van der Waals surface area (Å²) in [4.78, 5) is 14.3. The molecule has 3 nitrogen and oxygen atoms in total. The standard InChI is InChI=1S/C25H21NO2/c1-26(23-9-3-2-4-10-23)25(27)21-13-11-19(12-14-21)18-28-24-16-15-20-7-5-6-8-22(20)17-24/h2-17H,18H2,1H3. The van der Waals surface area contributed by atoms with E-state index in [4.69, 9.17) is 4.74 Å². The molecule has 0 radical (unpaired) electrons. The molecule has 0 fully saturated rings. The van der Waals surface area contributed by atoms with Crippen LogP contribution in [-0.4, -0.2) is 13.0 Å². The average Bonchev–Trinajstić information content (AvgIpc) is 2.77. The molecule has 4 rings (SSSR count). The molecule has 1 amide bonds. The number of amides is 1. The van der Waals surface area contributed by atoms with E-state index in [0.717, 1.165) is 22.4 Å². The Kier molecular flexibility index (Phi) is 5.07. The molecule has 138 valence electrons. The van der Waals surface area contributed by atoms with Crippen molar-refractivity contribution in [1.82, 2.24) is 0 Å². The van der Waals surface area contributed by atoms with Gasteiger partial charge in [-0.1, -0.05) is 60.7 Å². The van der Waals surface area contributed by atoms with Gasteiger partial charge in [0.05, 0.1) is 0 Å². The first-order valence-electron chi connectivity index (χ1n) is 9.24. The molecule has 0 aliphatic heterocycles. The quantitative estimate of drug-likeness (QED) is 0.453. The fourth-order valence-electron chi connectivity index (χ4n) is 3.13. The van der Waals surface area contributed by atoms with Gasteiger partial charge in [-0.15, -0.1) is 0 Å². The van der Waals surface area contributed by atoms with E-state index in [-0.39, 0.29) is 5.91 Å². The Labute approximate surface area is 164 Å². The number of nitrogens with zero attached hydrogens (tertiary/aromatic N) is 1. The zero-order chi connectivity index (χ0) is 19.3. The molecular weight excluding hydrogens is 346 g/mol. The zero-order valence-electron chi connectivity index (χ0n) is 15.7. The molecule has 0 saturated heterocycles. The van der Waals surface area contributed by atoms with Crippen molar-refractivity contribution in [3.05, 3.63) is 108 Å². The number of rotatable bonds is 5. The van der Waals surface area contributed by atoms with Crippen LogP contribution in [-0.2, 0) is 6.61 Å². The van der Waals surface area contributed by atoms with Gasteiger partial charge in [-0.3, -0.25) is 4.79 Å². The van der Waals surface area contributed by atoms with Crippen molar-refractivity contribution >= 4 is 22.4 Å². The maximum Gasteiger partial charge on any atom is 0.258 e. The van der Waals surface area contributed by atoms with E-state index < -0.39 is 0 Å². The van der Waals surface area contributed by atoms with Crippen molar-refractivity contribution in [2.24, 2.45) is 0 Å². The van der Waals surface area contributed by atoms with Gasteiger partial charge < -0.3 is 9.64 Å². The molecule has 4 aromatic carbocycles. The third kappa shape index (κ3) is 3.89. The summed E-state index contributed by atoms with van der Waals surface area (Å²) in [5.74, 6) is 0.802. The van der Waals surface area contributed by atoms with E-state index in [2.05, 4.69) is 18.2 Å². The van der Waals surface area contributed by atoms with Crippen molar-refractivity contribution in [2.45, 2.75) is 6.61 Å². The Morgan fingerprint density at radius 2 is 1.46 bits per heavy atom. The minimum atomic E-state index is -0.0341. The van der Waals surface area contributed by atoms with Crippen LogP contribution in [0.25, 0.3) is 10.8 Å². The number of ether oxygens (including phenoxy) is 1. The summed E-state index contributed by atoms with van der Waals surface area (Å²) in [7, 11) is 1.79. The summed E-state index contributed by atoms with van der Waals surface area (Å²) in [6.07, 6.45) is 0. The van der Waals surface area contributed by atoms with Crippen molar-refractivity contribution in [3.63, 3.8) is 0 Å². The number of para-hydroxylation sites is 1. The minimum absolute atomic E-state index is 0.0341. The SMILES string of the molecule is CN(C(=O)c1ccc(COc2ccc3ccccc3c2)cc1)c1ccccc1. The van der Waals surface area contributed by atoms with Crippen LogP contribution in [0.3, 0.4) is 0 Å². The highest BCUT2D eigenvalue weighted by Gasteiger charge is 2.13. The molecule has 0 atom stereocenters. The Balaban J connectivity index is 1.42. The van der Waals surface area contributed by atoms with Gasteiger partial charge in [0.15, 0.2) is 0 Å². The molecular formula is C25H21NO2. The summed E-state index contributed by atoms with van der Waals surface area (Å²) < 4.78 is 5.92. The van der Waals surface area contributed by atoms with Crippen LogP contribution in [0.2, 0.25) is 0 Å². The molecule has 0 saturated carbocycles. The topological polar surface area (TPSA) is 29.5 Å². The van der Waals surface area contributed by atoms with Crippen molar-refractivity contribution in [2.75, 3.05) is 11.9 Å². The summed E-state index contributed by atoms with van der Waals surface area (Å²) in [5.41, 5.74) is 2.55. The van der Waals surface area contributed by atoms with E-state index in [1.165, 1.54) is 5.39 Å². The third-order valence-electron chi connectivity index (χ3n) is 4.78. The Bertz CT molecular complexity index is 1090. The van der Waals surface area contributed by atoms with E-state index in [1.54, 1.807) is 11.9 Å². The Morgan fingerprint density at radius 3 is 2.21 bits per heavy atom. The van der Waals surface area contributed by atoms with Crippen molar-refractivity contribution < 1.29 is 9.53 Å². The maximum absolute atomic E-state index is 12.7. The summed E-state index contributed by atoms with van der Waals surface area (Å²) in [6.45, 7) is 0.460. The van der Waals surface area contributed by atoms with Crippen LogP contribution >= 0.6 is 0 Å². The van der Waals surface area contributed by atoms with E-state index >= 15 is 0 Å². The van der Waals surface area contributed by atoms with Crippen molar-refractivity contribution in [3.8, 4) is 5.75 Å². The van der Waals surface area contributed by atoms with Crippen LogP contribution in [0.5, 0.6) is 5.75 Å². The first-order valence-corrected chi connectivity index (χ1v) is 9.24. The zero-order valence-corrected chi connectivity index (χ0v) is 15.7. The van der Waals surface area contributed by atoms with Gasteiger partial charge in [0.1, 0.15) is 12.4 Å². The normalized spacial score (nSPS) is 10.6. The lowest BCUT2D eigenvalue weighted by Gasteiger charge is -2.17. The Hall–Kier alpha value is -3.59. The predicted octanol–water partition coefficient (Wildman–Crippen LogP) is 5.70. The molecule has 4 aromatic rings. The third-order valence-corrected chi connectivity index (χ3v) is 4.78. The summed E-state index contributed by atoms with van der Waals surface area (Å²) in [5, 5.41) is 2.35. The van der Waals surface area contributed by atoms with Gasteiger partial charge in [0.2, 0.25) is 0 Å². The summed E-state index contributed by atoms with van der Waals surface area (Å²) in [6, 6.07) is 31.5. The van der Waals surface area contributed by atoms with Crippen LogP contribution < -0.4 is 9.64 Å². The second kappa shape index (κ2) is 7.97. The molecule has 0 heterocycles. The molecule has 0 aliphatic rings. The van der Waals surface area contributed by atoms with Crippen LogP contribution in [0, 0.1) is 0 Å². The maximum atomic E-state index is 12.7. The monoisotopic (exact) mass is 367 g/mol. The van der Waals surface area contributed by atoms with Gasteiger partial charge in [0, 0.05) is 18.3 Å². The highest BCUT2D eigenvalue weighted by Crippen LogP contribution is 2.22. The van der Waals surface area contributed by atoms with Gasteiger partial charge in [-0.2, -0.15) is 0 Å². The fraction of sp³-hybridized carbons (Fsp3) is 0.0800. The number of benzene rings is 4. The van der Waals surface area contributed by atoms with Gasteiger partial charge in [0.25, 0.3) is 5.91 Å². The molecule has 3 heteroatoms. The van der Waals surface area contributed by atoms with Gasteiger partial charge in [-0.05, 0) is 52.7 Å². The molecule has 0 spiro atoms. The molecule has 0 aliphatic carbocycles. The first-order chi connectivity index (χ1) is 13.7. The predicted molar refractivity (Wildman–Crippen MR) is 114 cm³/mol. The second-order valence-corrected chi connectivity index (χ2v) is 6.69. The number of hydrogen-bond donors (Lipinski definition) is 0. The van der Waals surface area contributed by atoms with E-state index in [9.17, 15) is 4.79 Å². The van der Waals surface area contributed by atoms with E-state index in [1.807, 2.05) is 78.9 Å². The molecule has 0 N–H and O–H groups in total. The molecule has 0 unspecified atom stereocenters. The van der Waals surface area contributed by atoms with Gasteiger partial charge >= 0.3 is 0 Å². The number of anilines is 1. The van der Waals surface area contributed by atoms with Crippen LogP contribution in [0.15, 0.2) is 97.1 Å². The lowest BCUT2D eigenvalue weighted by atomic mass is 10.1. The van der Waals surface area contributed by atoms with Crippen LogP contribution in [0.1, 0.15) is 15.9 Å². The van der Waals surface area contributed by atoms with Crippen LogP contribution in [0.4, 0.5) is 5.69 Å². The smallest absolute Gasteiger partial charge is 0.258 e. The Morgan fingerprint density at radius 1 is 0.786 bits per heavy atom. The highest BCUT2D eigenvalue weighted by molar-refractivity contribution is 6.05. The second-order valence-electron chi connectivity index (χ2n) is 6.69. The number of carbonyl (C=O) groups excluding carboxylic acids is 1. The fourth-order valence-corrected chi connectivity index (χ4v) is 3.13. The van der Waals surface area contributed by atoms with Crippen molar-refractivity contribution in [1.29, 1.82) is 0 Å².